The van der Waals surface area contributed by atoms with E-state index in [2.05, 4.69) is 22.0 Å². The van der Waals surface area contributed by atoms with Gasteiger partial charge in [-0.25, -0.2) is 4.79 Å². The van der Waals surface area contributed by atoms with Gasteiger partial charge in [0.15, 0.2) is 11.2 Å². The van der Waals surface area contributed by atoms with Crippen molar-refractivity contribution in [3.63, 3.8) is 0 Å². The van der Waals surface area contributed by atoms with E-state index >= 15 is 0 Å². The number of ketones is 1. The van der Waals surface area contributed by atoms with Crippen molar-refractivity contribution in [1.29, 1.82) is 5.26 Å². The third-order valence-corrected chi connectivity index (χ3v) is 5.85. The number of nitriles is 1. The number of Topliss-reactive ketones (excluding diaryl/α,β-unsaturated/α-hetero) is 1. The Morgan fingerprint density at radius 2 is 1.93 bits per heavy atom. The quantitative estimate of drug-likeness (QED) is 0.709. The maximum absolute atomic E-state index is 12.6. The van der Waals surface area contributed by atoms with E-state index in [1.807, 2.05) is 0 Å². The fourth-order valence-electron chi connectivity index (χ4n) is 4.11. The number of fused-ring (bicyclic) bond motifs is 1. The second-order valence-electron chi connectivity index (χ2n) is 6.76. The molecule has 0 saturated carbocycles. The summed E-state index contributed by atoms with van der Waals surface area (Å²) in [6, 6.07) is 7.54. The number of methoxy groups -OCH3 is 1. The van der Waals surface area contributed by atoms with Gasteiger partial charge in [-0.2, -0.15) is 5.26 Å². The molecule has 1 aromatic carbocycles. The van der Waals surface area contributed by atoms with Gasteiger partial charge in [-0.3, -0.25) is 9.59 Å². The molecule has 2 aliphatic heterocycles. The van der Waals surface area contributed by atoms with Crippen LogP contribution < -0.4 is 5.73 Å². The summed E-state index contributed by atoms with van der Waals surface area (Å²) in [5.74, 6) is -2.44. The first-order chi connectivity index (χ1) is 13.3. The third kappa shape index (κ3) is 2.83. The lowest BCUT2D eigenvalue weighted by atomic mass is 9.68. The smallest absolute Gasteiger partial charge is 0.339 e. The molecular formula is C20H18BrN3O4. The fourth-order valence-corrected chi connectivity index (χ4v) is 4.38. The van der Waals surface area contributed by atoms with Crippen LogP contribution in [-0.2, 0) is 19.1 Å². The number of carbonyl (C=O) groups excluding carboxylic acids is 3. The number of benzene rings is 1. The van der Waals surface area contributed by atoms with E-state index in [1.54, 1.807) is 35.2 Å². The number of halogens is 1. The molecule has 0 bridgehead atoms. The Balaban J connectivity index is 2.25. The van der Waals surface area contributed by atoms with E-state index in [-0.39, 0.29) is 11.4 Å². The number of rotatable bonds is 4. The Labute approximate surface area is 170 Å². The lowest BCUT2D eigenvalue weighted by Gasteiger charge is -2.32. The molecule has 0 unspecified atom stereocenters. The first kappa shape index (κ1) is 19.8. The number of hydrogen-bond acceptors (Lipinski definition) is 6. The Morgan fingerprint density at radius 1 is 1.29 bits per heavy atom. The van der Waals surface area contributed by atoms with E-state index in [4.69, 9.17) is 10.5 Å². The predicted octanol–water partition coefficient (Wildman–Crippen LogP) is 1.80. The van der Waals surface area contributed by atoms with Crippen molar-refractivity contribution in [3.05, 3.63) is 58.2 Å². The van der Waals surface area contributed by atoms with Gasteiger partial charge >= 0.3 is 5.97 Å². The Kier molecular flexibility index (Phi) is 5.13. The third-order valence-electron chi connectivity index (χ3n) is 5.32. The molecule has 0 radical (unpaired) electrons. The average Bonchev–Trinajstić information content (AvgIpc) is 2.98. The van der Waals surface area contributed by atoms with E-state index in [1.165, 1.54) is 26.3 Å². The van der Waals surface area contributed by atoms with Crippen LogP contribution in [0.5, 0.6) is 0 Å². The summed E-state index contributed by atoms with van der Waals surface area (Å²) in [5.41, 5.74) is 4.91. The molecule has 2 N–H and O–H groups in total. The molecule has 1 saturated heterocycles. The van der Waals surface area contributed by atoms with Gasteiger partial charge in [-0.1, -0.05) is 34.1 Å². The van der Waals surface area contributed by atoms with Crippen molar-refractivity contribution < 1.29 is 19.1 Å². The van der Waals surface area contributed by atoms with Crippen LogP contribution in [0.4, 0.5) is 0 Å². The number of nitrogens with zero attached hydrogens (tertiary/aromatic N) is 2. The first-order valence-electron chi connectivity index (χ1n) is 8.50. The summed E-state index contributed by atoms with van der Waals surface area (Å²) < 4.78 is 5.57. The van der Waals surface area contributed by atoms with Gasteiger partial charge in [0.05, 0.1) is 30.8 Å². The standard InChI is InChI=1S/C20H18BrN3O4/c1-11(25)17-16(12-3-6-14(21)7-4-12)20(10-22,19(23)27)15-8-5-13(9-24(15)17)18(26)28-2/h3-9,15-17H,1-2H3,(H2,23,27)/t15-,16+,17+,20+/m1/s1. The van der Waals surface area contributed by atoms with Crippen LogP contribution in [0.2, 0.25) is 0 Å². The Bertz CT molecular complexity index is 947. The normalized spacial score (nSPS) is 28.1. The van der Waals surface area contributed by atoms with Crippen molar-refractivity contribution in [2.45, 2.75) is 24.9 Å². The molecule has 2 heterocycles. The minimum absolute atomic E-state index is 0.220. The van der Waals surface area contributed by atoms with Gasteiger partial charge < -0.3 is 15.4 Å². The summed E-state index contributed by atoms with van der Waals surface area (Å²) in [7, 11) is 1.25. The predicted molar refractivity (Wildman–Crippen MR) is 103 cm³/mol. The molecule has 4 atom stereocenters. The van der Waals surface area contributed by atoms with Crippen LogP contribution in [0.15, 0.2) is 52.7 Å². The summed E-state index contributed by atoms with van der Waals surface area (Å²) in [6.07, 6.45) is 4.52. The van der Waals surface area contributed by atoms with Crippen molar-refractivity contribution in [3.8, 4) is 6.07 Å². The van der Waals surface area contributed by atoms with Gasteiger partial charge in [-0.15, -0.1) is 0 Å². The highest BCUT2D eigenvalue weighted by Gasteiger charge is 2.64. The monoisotopic (exact) mass is 443 g/mol. The molecule has 144 valence electrons. The molecule has 0 spiro atoms. The average molecular weight is 444 g/mol. The van der Waals surface area contributed by atoms with E-state index in [9.17, 15) is 19.6 Å². The number of carbonyl (C=O) groups is 3. The minimum atomic E-state index is -1.68. The van der Waals surface area contributed by atoms with Crippen molar-refractivity contribution in [2.75, 3.05) is 7.11 Å². The van der Waals surface area contributed by atoms with Gasteiger partial charge in [-0.05, 0) is 30.7 Å². The van der Waals surface area contributed by atoms with Crippen LogP contribution >= 0.6 is 15.9 Å². The molecule has 1 aromatic rings. The highest BCUT2D eigenvalue weighted by Crippen LogP contribution is 2.53. The molecule has 2 aliphatic rings. The zero-order valence-electron chi connectivity index (χ0n) is 15.3. The number of primary amides is 1. The Morgan fingerprint density at radius 3 is 2.43 bits per heavy atom. The van der Waals surface area contributed by atoms with Crippen LogP contribution in [0, 0.1) is 16.7 Å². The van der Waals surface area contributed by atoms with Crippen LogP contribution in [0.3, 0.4) is 0 Å². The van der Waals surface area contributed by atoms with Crippen molar-refractivity contribution in [1.82, 2.24) is 4.90 Å². The maximum atomic E-state index is 12.6. The van der Waals surface area contributed by atoms with E-state index < -0.39 is 35.3 Å². The first-order valence-corrected chi connectivity index (χ1v) is 9.30. The largest absolute Gasteiger partial charge is 0.465 e. The highest BCUT2D eigenvalue weighted by molar-refractivity contribution is 9.10. The van der Waals surface area contributed by atoms with Gasteiger partial charge in [0.25, 0.3) is 0 Å². The van der Waals surface area contributed by atoms with Crippen molar-refractivity contribution in [2.24, 2.45) is 11.1 Å². The lowest BCUT2D eigenvalue weighted by molar-refractivity contribution is -0.136. The molecule has 0 aromatic heterocycles. The summed E-state index contributed by atoms with van der Waals surface area (Å²) in [5, 5.41) is 10.1. The second kappa shape index (κ2) is 7.24. The summed E-state index contributed by atoms with van der Waals surface area (Å²) in [4.78, 5) is 38.8. The lowest BCUT2D eigenvalue weighted by Crippen LogP contribution is -2.47. The maximum Gasteiger partial charge on any atom is 0.339 e. The van der Waals surface area contributed by atoms with Gasteiger partial charge in [0.1, 0.15) is 0 Å². The van der Waals surface area contributed by atoms with Gasteiger partial charge in [0, 0.05) is 16.6 Å². The number of esters is 1. The van der Waals surface area contributed by atoms with Crippen molar-refractivity contribution >= 4 is 33.6 Å². The number of amides is 1. The van der Waals surface area contributed by atoms with E-state index in [0.29, 0.717) is 5.56 Å². The van der Waals surface area contributed by atoms with Crippen LogP contribution in [0.1, 0.15) is 18.4 Å². The topological polar surface area (TPSA) is 113 Å². The molecule has 1 fully saturated rings. The number of ether oxygens (including phenoxy) is 1. The second-order valence-corrected chi connectivity index (χ2v) is 7.67. The summed E-state index contributed by atoms with van der Waals surface area (Å²) in [6.45, 7) is 1.39. The molecular weight excluding hydrogens is 426 g/mol. The highest BCUT2D eigenvalue weighted by atomic mass is 79.9. The van der Waals surface area contributed by atoms with Gasteiger partial charge in [0.2, 0.25) is 5.91 Å². The molecule has 28 heavy (non-hydrogen) atoms. The Hall–Kier alpha value is -2.92. The minimum Gasteiger partial charge on any atom is -0.465 e. The van der Waals surface area contributed by atoms with Crippen LogP contribution in [-0.4, -0.2) is 41.8 Å². The number of nitrogens with two attached hydrogens (primary N) is 1. The molecule has 1 amide bonds. The summed E-state index contributed by atoms with van der Waals surface area (Å²) >= 11 is 3.36. The SMILES string of the molecule is COC(=O)C1=CN2[C@@H](C(C)=O)[C@H](c3ccc(Br)cc3)[C@@](C#N)(C(N)=O)[C@H]2C=C1. The zero-order valence-corrected chi connectivity index (χ0v) is 16.8. The molecule has 3 rings (SSSR count). The number of hydrogen-bond donors (Lipinski definition) is 1. The molecule has 0 aliphatic carbocycles. The van der Waals surface area contributed by atoms with E-state index in [0.717, 1.165) is 4.47 Å². The fraction of sp³-hybridized carbons (Fsp3) is 0.300. The van der Waals surface area contributed by atoms with Crippen LogP contribution in [0.25, 0.3) is 0 Å². The zero-order chi connectivity index (χ0) is 20.6. The molecule has 7 nitrogen and oxygen atoms in total. The molecule has 8 heteroatoms.